The maximum Gasteiger partial charge on any atom is 0.254 e. The summed E-state index contributed by atoms with van der Waals surface area (Å²) >= 11 is 0. The molecular weight excluding hydrogens is 302 g/mol. The van der Waals surface area contributed by atoms with Gasteiger partial charge in [0.1, 0.15) is 0 Å². The van der Waals surface area contributed by atoms with Gasteiger partial charge in [-0.1, -0.05) is 25.8 Å². The van der Waals surface area contributed by atoms with E-state index in [2.05, 4.69) is 12.2 Å². The van der Waals surface area contributed by atoms with Crippen LogP contribution in [0.2, 0.25) is 0 Å². The minimum Gasteiger partial charge on any atom is -0.399 e. The lowest BCUT2D eigenvalue weighted by Crippen LogP contribution is -2.43. The summed E-state index contributed by atoms with van der Waals surface area (Å²) in [5, 5.41) is 3.02. The highest BCUT2D eigenvalue weighted by molar-refractivity contribution is 5.96. The van der Waals surface area contributed by atoms with Gasteiger partial charge in [-0.05, 0) is 43.9 Å². The highest BCUT2D eigenvalue weighted by atomic mass is 16.2. The van der Waals surface area contributed by atoms with Gasteiger partial charge in [0.25, 0.3) is 5.91 Å². The number of carbonyl (C=O) groups is 2. The van der Waals surface area contributed by atoms with E-state index in [4.69, 9.17) is 5.73 Å². The van der Waals surface area contributed by atoms with Crippen molar-refractivity contribution in [1.82, 2.24) is 10.2 Å². The third-order valence-corrected chi connectivity index (χ3v) is 4.72. The largest absolute Gasteiger partial charge is 0.399 e. The van der Waals surface area contributed by atoms with E-state index in [9.17, 15) is 9.59 Å². The molecule has 24 heavy (non-hydrogen) atoms. The number of anilines is 1. The lowest BCUT2D eigenvalue weighted by molar-refractivity contribution is -0.126. The topological polar surface area (TPSA) is 75.4 Å². The van der Waals surface area contributed by atoms with Crippen molar-refractivity contribution >= 4 is 17.5 Å². The van der Waals surface area contributed by atoms with Crippen LogP contribution in [-0.4, -0.2) is 36.3 Å². The smallest absolute Gasteiger partial charge is 0.254 e. The van der Waals surface area contributed by atoms with E-state index in [0.717, 1.165) is 44.2 Å². The van der Waals surface area contributed by atoms with Crippen LogP contribution in [0.15, 0.2) is 18.2 Å². The zero-order valence-electron chi connectivity index (χ0n) is 14.8. The summed E-state index contributed by atoms with van der Waals surface area (Å²) in [7, 11) is 0. The summed E-state index contributed by atoms with van der Waals surface area (Å²) in [5.74, 6) is 0.178. The minimum atomic E-state index is 0.0154. The molecule has 0 bridgehead atoms. The van der Waals surface area contributed by atoms with Crippen LogP contribution in [0.3, 0.4) is 0 Å². The van der Waals surface area contributed by atoms with Gasteiger partial charge in [0.15, 0.2) is 0 Å². The second-order valence-electron chi connectivity index (χ2n) is 6.64. The third kappa shape index (κ3) is 4.73. The summed E-state index contributed by atoms with van der Waals surface area (Å²) in [6.45, 7) is 6.08. The van der Waals surface area contributed by atoms with Crippen LogP contribution in [-0.2, 0) is 4.79 Å². The van der Waals surface area contributed by atoms with Gasteiger partial charge >= 0.3 is 0 Å². The molecule has 132 valence electrons. The molecule has 0 aromatic heterocycles. The van der Waals surface area contributed by atoms with Crippen LogP contribution < -0.4 is 11.1 Å². The molecule has 1 aromatic rings. The van der Waals surface area contributed by atoms with Crippen LogP contribution in [0, 0.1) is 12.8 Å². The molecule has 0 unspecified atom stereocenters. The molecule has 1 fully saturated rings. The Bertz CT molecular complexity index is 578. The number of hydrogen-bond acceptors (Lipinski definition) is 3. The van der Waals surface area contributed by atoms with Crippen LogP contribution in [0.25, 0.3) is 0 Å². The zero-order valence-corrected chi connectivity index (χ0v) is 14.8. The Morgan fingerprint density at radius 2 is 1.96 bits per heavy atom. The number of aryl methyl sites for hydroxylation is 1. The first-order chi connectivity index (χ1) is 11.5. The van der Waals surface area contributed by atoms with Crippen molar-refractivity contribution in [2.75, 3.05) is 25.4 Å². The number of piperidine rings is 1. The van der Waals surface area contributed by atoms with Crippen LogP contribution in [0.5, 0.6) is 0 Å². The monoisotopic (exact) mass is 331 g/mol. The molecular formula is C19H29N3O2. The zero-order chi connectivity index (χ0) is 17.5. The van der Waals surface area contributed by atoms with E-state index in [1.165, 1.54) is 0 Å². The van der Waals surface area contributed by atoms with E-state index in [-0.39, 0.29) is 17.7 Å². The van der Waals surface area contributed by atoms with E-state index >= 15 is 0 Å². The third-order valence-electron chi connectivity index (χ3n) is 4.72. The Kier molecular flexibility index (Phi) is 6.64. The normalized spacial score (nSPS) is 15.3. The van der Waals surface area contributed by atoms with Crippen molar-refractivity contribution in [2.24, 2.45) is 5.92 Å². The van der Waals surface area contributed by atoms with E-state index in [1.807, 2.05) is 17.9 Å². The Balaban J connectivity index is 1.85. The molecule has 1 saturated heterocycles. The predicted molar refractivity (Wildman–Crippen MR) is 96.8 cm³/mol. The second-order valence-corrected chi connectivity index (χ2v) is 6.64. The summed E-state index contributed by atoms with van der Waals surface area (Å²) in [6, 6.07) is 5.42. The summed E-state index contributed by atoms with van der Waals surface area (Å²) in [4.78, 5) is 26.7. The molecule has 0 radical (unpaired) electrons. The molecule has 0 spiro atoms. The molecule has 0 atom stereocenters. The van der Waals surface area contributed by atoms with Gasteiger partial charge in [-0.15, -0.1) is 0 Å². The number of likely N-dealkylation sites (tertiary alicyclic amines) is 1. The van der Waals surface area contributed by atoms with Crippen molar-refractivity contribution in [3.05, 3.63) is 29.3 Å². The van der Waals surface area contributed by atoms with Crippen molar-refractivity contribution in [3.8, 4) is 0 Å². The Hall–Kier alpha value is -2.04. The molecule has 1 aliphatic rings. The van der Waals surface area contributed by atoms with E-state index in [1.54, 1.807) is 12.1 Å². The van der Waals surface area contributed by atoms with Gasteiger partial charge < -0.3 is 16.0 Å². The Morgan fingerprint density at radius 3 is 2.62 bits per heavy atom. The fourth-order valence-electron chi connectivity index (χ4n) is 3.12. The number of rotatable bonds is 6. The van der Waals surface area contributed by atoms with Crippen molar-refractivity contribution in [1.29, 1.82) is 0 Å². The van der Waals surface area contributed by atoms with E-state index < -0.39 is 0 Å². The quantitative estimate of drug-likeness (QED) is 0.622. The first kappa shape index (κ1) is 18.3. The standard InChI is InChI=1S/C19H29N3O2/c1-3-4-5-10-21-18(23)15-8-11-22(12-9-15)19(24)17-13-16(20)7-6-14(17)2/h6-7,13,15H,3-5,8-12,20H2,1-2H3,(H,21,23). The lowest BCUT2D eigenvalue weighted by Gasteiger charge is -2.31. The summed E-state index contributed by atoms with van der Waals surface area (Å²) in [6.07, 6.45) is 4.79. The number of nitrogens with two attached hydrogens (primary N) is 1. The number of nitrogens with one attached hydrogen (secondary N) is 1. The molecule has 0 saturated carbocycles. The average Bonchev–Trinajstić information content (AvgIpc) is 2.60. The molecule has 5 heteroatoms. The molecule has 2 rings (SSSR count). The Labute approximate surface area is 144 Å². The molecule has 1 heterocycles. The van der Waals surface area contributed by atoms with Gasteiger partial charge in [-0.2, -0.15) is 0 Å². The van der Waals surface area contributed by atoms with Gasteiger partial charge in [0.05, 0.1) is 0 Å². The highest BCUT2D eigenvalue weighted by Crippen LogP contribution is 2.21. The SMILES string of the molecule is CCCCCNC(=O)C1CCN(C(=O)c2cc(N)ccc2C)CC1. The van der Waals surface area contributed by atoms with Gasteiger partial charge in [-0.25, -0.2) is 0 Å². The van der Waals surface area contributed by atoms with Crippen molar-refractivity contribution in [2.45, 2.75) is 46.0 Å². The lowest BCUT2D eigenvalue weighted by atomic mass is 9.95. The first-order valence-electron chi connectivity index (χ1n) is 8.96. The number of nitrogen functional groups attached to an aromatic ring is 1. The van der Waals surface area contributed by atoms with Crippen LogP contribution in [0.1, 0.15) is 54.9 Å². The summed E-state index contributed by atoms with van der Waals surface area (Å²) in [5.41, 5.74) is 8.00. The molecule has 1 aromatic carbocycles. The van der Waals surface area contributed by atoms with Crippen LogP contribution >= 0.6 is 0 Å². The number of carbonyl (C=O) groups excluding carboxylic acids is 2. The van der Waals surface area contributed by atoms with Crippen LogP contribution in [0.4, 0.5) is 5.69 Å². The fourth-order valence-corrected chi connectivity index (χ4v) is 3.12. The molecule has 5 nitrogen and oxygen atoms in total. The number of amides is 2. The molecule has 1 aliphatic heterocycles. The minimum absolute atomic E-state index is 0.0154. The Morgan fingerprint density at radius 1 is 1.25 bits per heavy atom. The first-order valence-corrected chi connectivity index (χ1v) is 8.96. The van der Waals surface area contributed by atoms with Gasteiger partial charge in [-0.3, -0.25) is 9.59 Å². The summed E-state index contributed by atoms with van der Waals surface area (Å²) < 4.78 is 0. The molecule has 2 amide bonds. The van der Waals surface area contributed by atoms with Gasteiger partial charge in [0.2, 0.25) is 5.91 Å². The number of benzene rings is 1. The van der Waals surface area contributed by atoms with E-state index in [0.29, 0.717) is 24.3 Å². The van der Waals surface area contributed by atoms with Crippen molar-refractivity contribution in [3.63, 3.8) is 0 Å². The van der Waals surface area contributed by atoms with Crippen molar-refractivity contribution < 1.29 is 9.59 Å². The fraction of sp³-hybridized carbons (Fsp3) is 0.579. The number of hydrogen-bond donors (Lipinski definition) is 2. The molecule has 0 aliphatic carbocycles. The van der Waals surface area contributed by atoms with Gasteiger partial charge in [0, 0.05) is 36.8 Å². The maximum atomic E-state index is 12.7. The number of nitrogens with zero attached hydrogens (tertiary/aromatic N) is 1. The number of unbranched alkanes of at least 4 members (excludes halogenated alkanes) is 2. The molecule has 3 N–H and O–H groups in total. The average molecular weight is 331 g/mol. The highest BCUT2D eigenvalue weighted by Gasteiger charge is 2.28. The second kappa shape index (κ2) is 8.71. The maximum absolute atomic E-state index is 12.7. The predicted octanol–water partition coefficient (Wildman–Crippen LogP) is 2.74.